The van der Waals surface area contributed by atoms with Crippen molar-refractivity contribution in [1.82, 2.24) is 20.2 Å². The molecule has 1 aliphatic carbocycles. The Hall–Kier alpha value is -2.71. The monoisotopic (exact) mass is 450 g/mol. The topological polar surface area (TPSA) is 73.8 Å². The number of anilines is 2. The van der Waals surface area contributed by atoms with Gasteiger partial charge in [0.2, 0.25) is 5.95 Å². The lowest BCUT2D eigenvalue weighted by Gasteiger charge is -2.48. The first-order valence-electron chi connectivity index (χ1n) is 11.9. The number of amides is 2. The number of nitrogens with one attached hydrogen (secondary N) is 1. The summed E-state index contributed by atoms with van der Waals surface area (Å²) >= 11 is 0. The molecule has 2 saturated heterocycles. The van der Waals surface area contributed by atoms with E-state index in [1.165, 1.54) is 5.56 Å². The largest absolute Gasteiger partial charge is 0.378 e. The summed E-state index contributed by atoms with van der Waals surface area (Å²) in [4.78, 5) is 28.3. The number of hydrogen-bond acceptors (Lipinski definition) is 6. The molecule has 2 aliphatic heterocycles. The van der Waals surface area contributed by atoms with Gasteiger partial charge in [0.25, 0.3) is 0 Å². The lowest BCUT2D eigenvalue weighted by atomic mass is 9.69. The third-order valence-corrected chi connectivity index (χ3v) is 7.77. The molecule has 1 saturated carbocycles. The van der Waals surface area contributed by atoms with Crippen LogP contribution in [0.1, 0.15) is 31.2 Å². The maximum atomic E-state index is 12.9. The van der Waals surface area contributed by atoms with Crippen LogP contribution < -0.4 is 15.1 Å². The van der Waals surface area contributed by atoms with Gasteiger partial charge < -0.3 is 19.9 Å². The van der Waals surface area contributed by atoms with Crippen LogP contribution in [-0.2, 0) is 11.2 Å². The Morgan fingerprint density at radius 1 is 1.03 bits per heavy atom. The fourth-order valence-electron chi connectivity index (χ4n) is 5.53. The molecular formula is C25H34N6O2. The lowest BCUT2D eigenvalue weighted by Crippen LogP contribution is -2.56. The normalized spacial score (nSPS) is 27.9. The molecule has 3 fully saturated rings. The first-order valence-corrected chi connectivity index (χ1v) is 11.9. The number of carbonyl (C=O) groups is 1. The summed E-state index contributed by atoms with van der Waals surface area (Å²) in [5, 5.41) is 3.32. The van der Waals surface area contributed by atoms with E-state index in [-0.39, 0.29) is 17.1 Å². The number of rotatable bonds is 5. The molecule has 3 aliphatic rings. The quantitative estimate of drug-likeness (QED) is 0.755. The Bertz CT molecular complexity index is 951. The van der Waals surface area contributed by atoms with Crippen LogP contribution in [0.15, 0.2) is 42.7 Å². The third-order valence-electron chi connectivity index (χ3n) is 7.77. The molecule has 1 aromatic carbocycles. The molecule has 0 radical (unpaired) electrons. The molecule has 0 atom stereocenters. The Morgan fingerprint density at radius 2 is 1.70 bits per heavy atom. The molecule has 3 heterocycles. The molecule has 176 valence electrons. The van der Waals surface area contributed by atoms with E-state index < -0.39 is 0 Å². The van der Waals surface area contributed by atoms with E-state index in [4.69, 9.17) is 4.74 Å². The van der Waals surface area contributed by atoms with Gasteiger partial charge in [-0.1, -0.05) is 30.3 Å². The van der Waals surface area contributed by atoms with Gasteiger partial charge in [0.15, 0.2) is 0 Å². The highest BCUT2D eigenvalue weighted by Crippen LogP contribution is 2.42. The van der Waals surface area contributed by atoms with Gasteiger partial charge >= 0.3 is 6.03 Å². The molecule has 0 bridgehead atoms. The average Bonchev–Trinajstić information content (AvgIpc) is 3.18. The Kier molecular flexibility index (Phi) is 5.97. The van der Waals surface area contributed by atoms with Gasteiger partial charge in [0.1, 0.15) is 0 Å². The van der Waals surface area contributed by atoms with Crippen molar-refractivity contribution >= 4 is 17.7 Å². The molecule has 0 unspecified atom stereocenters. The summed E-state index contributed by atoms with van der Waals surface area (Å²) in [6, 6.07) is 10.7. The van der Waals surface area contributed by atoms with Crippen LogP contribution >= 0.6 is 0 Å². The second-order valence-corrected chi connectivity index (χ2v) is 9.92. The summed E-state index contributed by atoms with van der Waals surface area (Å²) in [5.41, 5.74) is 2.07. The molecule has 5 rings (SSSR count). The zero-order chi connectivity index (χ0) is 22.9. The minimum atomic E-state index is -0.184. The van der Waals surface area contributed by atoms with E-state index >= 15 is 0 Å². The number of likely N-dealkylation sites (N-methyl/N-ethyl adjacent to an activating group) is 1. The van der Waals surface area contributed by atoms with E-state index in [2.05, 4.69) is 69.5 Å². The summed E-state index contributed by atoms with van der Waals surface area (Å²) in [7, 11) is 4.38. The second-order valence-electron chi connectivity index (χ2n) is 9.92. The Morgan fingerprint density at radius 3 is 2.33 bits per heavy atom. The molecule has 2 amide bonds. The van der Waals surface area contributed by atoms with E-state index in [9.17, 15) is 4.79 Å². The first-order chi connectivity index (χ1) is 16.0. The first kappa shape index (κ1) is 22.1. The number of urea groups is 1. The SMILES string of the molecule is CN(C)[C@]1(Cc2ccccc2)CC[C@@]2(CC1)CN(c1cnc(N3CCOCC3)nc1)C(=O)N2. The highest BCUT2D eigenvalue weighted by Gasteiger charge is 2.49. The maximum absolute atomic E-state index is 12.9. The van der Waals surface area contributed by atoms with Gasteiger partial charge in [-0.15, -0.1) is 0 Å². The second kappa shape index (κ2) is 8.91. The molecule has 8 nitrogen and oxygen atoms in total. The predicted molar refractivity (Wildman–Crippen MR) is 129 cm³/mol. The van der Waals surface area contributed by atoms with E-state index in [1.54, 1.807) is 12.4 Å². The molecular weight excluding hydrogens is 416 g/mol. The zero-order valence-electron chi connectivity index (χ0n) is 19.7. The zero-order valence-corrected chi connectivity index (χ0v) is 19.7. The number of hydrogen-bond donors (Lipinski definition) is 1. The number of morpholine rings is 1. The number of ether oxygens (including phenoxy) is 1. The number of aromatic nitrogens is 2. The number of nitrogens with zero attached hydrogens (tertiary/aromatic N) is 5. The summed E-state index contributed by atoms with van der Waals surface area (Å²) in [5.74, 6) is 0.700. The lowest BCUT2D eigenvalue weighted by molar-refractivity contribution is 0.0680. The van der Waals surface area contributed by atoms with Crippen LogP contribution in [-0.4, -0.2) is 78.9 Å². The summed E-state index contributed by atoms with van der Waals surface area (Å²) < 4.78 is 5.41. The van der Waals surface area contributed by atoms with E-state index in [0.717, 1.165) is 50.9 Å². The Balaban J connectivity index is 1.26. The van der Waals surface area contributed by atoms with Crippen molar-refractivity contribution in [1.29, 1.82) is 0 Å². The maximum Gasteiger partial charge on any atom is 0.322 e. The van der Waals surface area contributed by atoms with E-state index in [1.807, 2.05) is 4.90 Å². The smallest absolute Gasteiger partial charge is 0.322 e. The van der Waals surface area contributed by atoms with Crippen LogP contribution in [0.3, 0.4) is 0 Å². The minimum absolute atomic E-state index is 0.0434. The predicted octanol–water partition coefficient (Wildman–Crippen LogP) is 2.70. The number of carbonyl (C=O) groups excluding carboxylic acids is 1. The van der Waals surface area contributed by atoms with Gasteiger partial charge in [0, 0.05) is 18.6 Å². The van der Waals surface area contributed by atoms with Crippen LogP contribution in [0.2, 0.25) is 0 Å². The average molecular weight is 451 g/mol. The van der Waals surface area contributed by atoms with Gasteiger partial charge in [-0.3, -0.25) is 4.90 Å². The molecule has 1 spiro atoms. The molecule has 2 aromatic rings. The van der Waals surface area contributed by atoms with Crippen LogP contribution in [0.5, 0.6) is 0 Å². The van der Waals surface area contributed by atoms with Gasteiger partial charge in [-0.2, -0.15) is 0 Å². The van der Waals surface area contributed by atoms with Crippen molar-refractivity contribution < 1.29 is 9.53 Å². The fraction of sp³-hybridized carbons (Fsp3) is 0.560. The molecule has 8 heteroatoms. The van der Waals surface area contributed by atoms with Gasteiger partial charge in [0.05, 0.1) is 43.4 Å². The van der Waals surface area contributed by atoms with Crippen molar-refractivity contribution in [2.75, 3.05) is 56.7 Å². The van der Waals surface area contributed by atoms with Crippen LogP contribution in [0, 0.1) is 0 Å². The summed E-state index contributed by atoms with van der Waals surface area (Å²) in [6.45, 7) is 3.65. The highest BCUT2D eigenvalue weighted by atomic mass is 16.5. The van der Waals surface area contributed by atoms with Crippen LogP contribution in [0.25, 0.3) is 0 Å². The van der Waals surface area contributed by atoms with Crippen molar-refractivity contribution in [3.8, 4) is 0 Å². The third kappa shape index (κ3) is 4.42. The Labute approximate surface area is 195 Å². The standard InChI is InChI=1S/C25H34N6O2/c1-29(2)25(16-20-6-4-3-5-7-20)10-8-24(9-11-25)19-31(23(32)28-24)21-17-26-22(27-18-21)30-12-14-33-15-13-30/h3-7,17-18H,8-16,19H2,1-2H3,(H,28,32)/t24-,25-. The van der Waals surface area contributed by atoms with Crippen LogP contribution in [0.4, 0.5) is 16.4 Å². The minimum Gasteiger partial charge on any atom is -0.378 e. The molecule has 33 heavy (non-hydrogen) atoms. The van der Waals surface area contributed by atoms with Gasteiger partial charge in [-0.25, -0.2) is 14.8 Å². The highest BCUT2D eigenvalue weighted by molar-refractivity contribution is 5.95. The van der Waals surface area contributed by atoms with Gasteiger partial charge in [-0.05, 0) is 51.8 Å². The van der Waals surface area contributed by atoms with Crippen molar-refractivity contribution in [3.63, 3.8) is 0 Å². The fourth-order valence-corrected chi connectivity index (χ4v) is 5.53. The van der Waals surface area contributed by atoms with Crippen molar-refractivity contribution in [3.05, 3.63) is 48.3 Å². The molecule has 1 N–H and O–H groups in total. The summed E-state index contributed by atoms with van der Waals surface area (Å²) in [6.07, 6.45) is 8.62. The van der Waals surface area contributed by atoms with Crippen molar-refractivity contribution in [2.24, 2.45) is 0 Å². The molecule has 1 aromatic heterocycles. The number of benzene rings is 1. The van der Waals surface area contributed by atoms with E-state index in [0.29, 0.717) is 25.7 Å². The van der Waals surface area contributed by atoms with Crippen molar-refractivity contribution in [2.45, 2.75) is 43.2 Å².